The van der Waals surface area contributed by atoms with Gasteiger partial charge in [-0.3, -0.25) is 10.1 Å². The molecule has 0 aromatic heterocycles. The third-order valence-electron chi connectivity index (χ3n) is 2.53. The van der Waals surface area contributed by atoms with Crippen molar-refractivity contribution in [1.29, 1.82) is 0 Å². The maximum atomic E-state index is 13.1. The molecule has 1 atom stereocenters. The van der Waals surface area contributed by atoms with Crippen molar-refractivity contribution in [2.45, 2.75) is 24.9 Å². The van der Waals surface area contributed by atoms with E-state index in [-0.39, 0.29) is 5.82 Å². The standard InChI is InChI=1S/C11H12BrFN2O/c12-9-4-1-6(13)5-8(9)10(11(14)16)15-7-2-3-7/h1,4-5,7,10,15H,2-3H2,(H2,14,16). The van der Waals surface area contributed by atoms with Gasteiger partial charge < -0.3 is 5.73 Å². The van der Waals surface area contributed by atoms with Crippen molar-refractivity contribution in [3.8, 4) is 0 Å². The first kappa shape index (κ1) is 11.5. The van der Waals surface area contributed by atoms with Crippen LogP contribution in [-0.2, 0) is 4.79 Å². The van der Waals surface area contributed by atoms with Gasteiger partial charge in [-0.25, -0.2) is 4.39 Å². The third-order valence-corrected chi connectivity index (χ3v) is 3.26. The molecular formula is C11H12BrFN2O. The smallest absolute Gasteiger partial charge is 0.239 e. The minimum absolute atomic E-state index is 0.327. The maximum absolute atomic E-state index is 13.1. The van der Waals surface area contributed by atoms with Gasteiger partial charge in [-0.1, -0.05) is 15.9 Å². The number of nitrogens with one attached hydrogen (secondary N) is 1. The molecule has 1 fully saturated rings. The Morgan fingerprint density at radius 1 is 1.56 bits per heavy atom. The highest BCUT2D eigenvalue weighted by Gasteiger charge is 2.29. The number of nitrogens with two attached hydrogens (primary N) is 1. The number of halogens is 2. The van der Waals surface area contributed by atoms with Crippen LogP contribution in [0.5, 0.6) is 0 Å². The van der Waals surface area contributed by atoms with Gasteiger partial charge in [0, 0.05) is 10.5 Å². The Morgan fingerprint density at radius 3 is 2.81 bits per heavy atom. The monoisotopic (exact) mass is 286 g/mol. The van der Waals surface area contributed by atoms with Crippen LogP contribution in [0.15, 0.2) is 22.7 Å². The van der Waals surface area contributed by atoms with E-state index in [9.17, 15) is 9.18 Å². The number of benzene rings is 1. The zero-order valence-corrected chi connectivity index (χ0v) is 10.1. The van der Waals surface area contributed by atoms with Crippen LogP contribution < -0.4 is 11.1 Å². The summed E-state index contributed by atoms with van der Waals surface area (Å²) < 4.78 is 13.8. The van der Waals surface area contributed by atoms with E-state index in [0.717, 1.165) is 12.8 Å². The van der Waals surface area contributed by atoms with Crippen LogP contribution in [0.25, 0.3) is 0 Å². The average molecular weight is 287 g/mol. The van der Waals surface area contributed by atoms with Crippen molar-refractivity contribution in [2.75, 3.05) is 0 Å². The number of rotatable bonds is 4. The molecule has 3 nitrogen and oxygen atoms in total. The van der Waals surface area contributed by atoms with Crippen LogP contribution in [0.4, 0.5) is 4.39 Å². The van der Waals surface area contributed by atoms with Gasteiger partial charge in [-0.15, -0.1) is 0 Å². The zero-order chi connectivity index (χ0) is 11.7. The molecule has 1 aromatic carbocycles. The minimum Gasteiger partial charge on any atom is -0.368 e. The number of primary amides is 1. The topological polar surface area (TPSA) is 55.1 Å². The summed E-state index contributed by atoms with van der Waals surface area (Å²) >= 11 is 3.30. The lowest BCUT2D eigenvalue weighted by Gasteiger charge is -2.16. The van der Waals surface area contributed by atoms with Crippen LogP contribution in [-0.4, -0.2) is 11.9 Å². The SMILES string of the molecule is NC(=O)C(NC1CC1)c1cc(F)ccc1Br. The van der Waals surface area contributed by atoms with E-state index >= 15 is 0 Å². The van der Waals surface area contributed by atoms with Gasteiger partial charge in [-0.05, 0) is 36.6 Å². The van der Waals surface area contributed by atoms with Crippen LogP contribution in [0.2, 0.25) is 0 Å². The number of hydrogen-bond donors (Lipinski definition) is 2. The zero-order valence-electron chi connectivity index (χ0n) is 8.54. The molecule has 1 aliphatic rings. The van der Waals surface area contributed by atoms with Gasteiger partial charge in [0.15, 0.2) is 0 Å². The molecular weight excluding hydrogens is 275 g/mol. The molecule has 3 N–H and O–H groups in total. The average Bonchev–Trinajstić information content (AvgIpc) is 3.02. The van der Waals surface area contributed by atoms with Crippen LogP contribution in [0.1, 0.15) is 24.4 Å². The van der Waals surface area contributed by atoms with Crippen molar-refractivity contribution in [2.24, 2.45) is 5.73 Å². The second-order valence-corrected chi connectivity index (χ2v) is 4.80. The molecule has 1 saturated carbocycles. The lowest BCUT2D eigenvalue weighted by Crippen LogP contribution is -2.35. The van der Waals surface area contributed by atoms with Gasteiger partial charge >= 0.3 is 0 Å². The van der Waals surface area contributed by atoms with Gasteiger partial charge in [0.2, 0.25) is 5.91 Å². The Hall–Kier alpha value is -0.940. The maximum Gasteiger partial charge on any atom is 0.239 e. The molecule has 1 unspecified atom stereocenters. The van der Waals surface area contributed by atoms with Gasteiger partial charge in [0.25, 0.3) is 0 Å². The van der Waals surface area contributed by atoms with Gasteiger partial charge in [0.1, 0.15) is 11.9 Å². The van der Waals surface area contributed by atoms with E-state index in [1.165, 1.54) is 12.1 Å². The number of amides is 1. The van der Waals surface area contributed by atoms with Crippen LogP contribution >= 0.6 is 15.9 Å². The minimum atomic E-state index is -0.627. The summed E-state index contributed by atoms with van der Waals surface area (Å²) in [5.74, 6) is -0.861. The van der Waals surface area contributed by atoms with E-state index in [2.05, 4.69) is 21.2 Å². The van der Waals surface area contributed by atoms with Crippen LogP contribution in [0, 0.1) is 5.82 Å². The molecule has 0 aliphatic heterocycles. The first-order valence-electron chi connectivity index (χ1n) is 5.08. The van der Waals surface area contributed by atoms with Crippen molar-refractivity contribution in [3.05, 3.63) is 34.1 Å². The lowest BCUT2D eigenvalue weighted by atomic mass is 10.1. The van der Waals surface area contributed by atoms with E-state index in [1.54, 1.807) is 6.07 Å². The molecule has 0 radical (unpaired) electrons. The Kier molecular flexibility index (Phi) is 3.25. The van der Waals surface area contributed by atoms with E-state index in [0.29, 0.717) is 16.1 Å². The summed E-state index contributed by atoms with van der Waals surface area (Å²) in [4.78, 5) is 11.3. The fourth-order valence-corrected chi connectivity index (χ4v) is 2.02. The number of hydrogen-bond acceptors (Lipinski definition) is 2. The summed E-state index contributed by atoms with van der Waals surface area (Å²) in [7, 11) is 0. The highest BCUT2D eigenvalue weighted by molar-refractivity contribution is 9.10. The highest BCUT2D eigenvalue weighted by atomic mass is 79.9. The first-order chi connectivity index (χ1) is 7.58. The van der Waals surface area contributed by atoms with E-state index < -0.39 is 11.9 Å². The molecule has 0 heterocycles. The van der Waals surface area contributed by atoms with Crippen molar-refractivity contribution in [1.82, 2.24) is 5.32 Å². The fraction of sp³-hybridized carbons (Fsp3) is 0.364. The molecule has 86 valence electrons. The van der Waals surface area contributed by atoms with Gasteiger partial charge in [-0.2, -0.15) is 0 Å². The summed E-state index contributed by atoms with van der Waals surface area (Å²) in [6.07, 6.45) is 2.08. The highest BCUT2D eigenvalue weighted by Crippen LogP contribution is 2.28. The molecule has 1 amide bonds. The molecule has 16 heavy (non-hydrogen) atoms. The predicted molar refractivity (Wildman–Crippen MR) is 62.2 cm³/mol. The summed E-state index contributed by atoms with van der Waals surface area (Å²) in [5, 5.41) is 3.10. The largest absolute Gasteiger partial charge is 0.368 e. The molecule has 0 saturated heterocycles. The van der Waals surface area contributed by atoms with Crippen LogP contribution in [0.3, 0.4) is 0 Å². The summed E-state index contributed by atoms with van der Waals surface area (Å²) in [5.41, 5.74) is 5.87. The van der Waals surface area contributed by atoms with Crippen molar-refractivity contribution >= 4 is 21.8 Å². The number of carbonyl (C=O) groups is 1. The lowest BCUT2D eigenvalue weighted by molar-refractivity contribution is -0.120. The second-order valence-electron chi connectivity index (χ2n) is 3.94. The van der Waals surface area contributed by atoms with Crippen molar-refractivity contribution < 1.29 is 9.18 Å². The van der Waals surface area contributed by atoms with E-state index in [4.69, 9.17) is 5.73 Å². The first-order valence-corrected chi connectivity index (χ1v) is 5.87. The second kappa shape index (κ2) is 4.51. The molecule has 5 heteroatoms. The molecule has 0 spiro atoms. The molecule has 0 bridgehead atoms. The molecule has 2 rings (SSSR count). The Morgan fingerprint density at radius 2 is 2.25 bits per heavy atom. The van der Waals surface area contributed by atoms with E-state index in [1.807, 2.05) is 0 Å². The van der Waals surface area contributed by atoms with Gasteiger partial charge in [0.05, 0.1) is 0 Å². The normalized spacial score (nSPS) is 17.1. The Bertz CT molecular complexity index is 420. The third kappa shape index (κ3) is 2.59. The summed E-state index contributed by atoms with van der Waals surface area (Å²) in [6.45, 7) is 0. The molecule has 1 aromatic rings. The van der Waals surface area contributed by atoms with Crippen molar-refractivity contribution in [3.63, 3.8) is 0 Å². The molecule has 1 aliphatic carbocycles. The summed E-state index contributed by atoms with van der Waals surface area (Å²) in [6, 6.07) is 3.94. The fourth-order valence-electron chi connectivity index (χ4n) is 1.55. The Balaban J connectivity index is 2.29. The number of carbonyl (C=O) groups excluding carboxylic acids is 1. The Labute approximate surface area is 101 Å². The predicted octanol–water partition coefficient (Wildman–Crippen LogP) is 1.87. The quantitative estimate of drug-likeness (QED) is 0.888.